The zero-order valence-corrected chi connectivity index (χ0v) is 24.5. The molecule has 1 fully saturated rings. The molecule has 5 heterocycles. The van der Waals surface area contributed by atoms with Gasteiger partial charge in [-0.25, -0.2) is 9.97 Å². The number of likely N-dealkylation sites (tertiary alicyclic amines) is 1. The number of aliphatic hydroxyl groups excluding tert-OH is 2. The van der Waals surface area contributed by atoms with Crippen LogP contribution in [-0.4, -0.2) is 80.3 Å². The first-order valence-electron chi connectivity index (χ1n) is 14.0. The highest BCUT2D eigenvalue weighted by molar-refractivity contribution is 7.19. The van der Waals surface area contributed by atoms with Gasteiger partial charge in [0.15, 0.2) is 0 Å². The normalized spacial score (nSPS) is 16.4. The first-order chi connectivity index (χ1) is 20.4. The number of aromatic nitrogens is 3. The van der Waals surface area contributed by atoms with Crippen molar-refractivity contribution in [3.8, 4) is 11.5 Å². The number of anilines is 2. The molecule has 11 heteroatoms. The standard InChI is InChI=1S/C31H34N6O4S/c1-20-12-22(6-8-25(20)41-23-7-5-21(2)32-13-23)35-29-28-24-9-11-37(14-26(24)42-30(28)34-19-33-29)27(40)4-3-10-36-15-31(16-36,17-38)18-39/h3-8,12-13,19,38-39H,9-11,14-18H2,1-2H3,(H,33,34,35)/b4-3+. The Morgan fingerprint density at radius 1 is 1.14 bits per heavy atom. The van der Waals surface area contributed by atoms with Gasteiger partial charge >= 0.3 is 0 Å². The van der Waals surface area contributed by atoms with E-state index < -0.39 is 5.41 Å². The van der Waals surface area contributed by atoms with E-state index >= 15 is 0 Å². The van der Waals surface area contributed by atoms with Crippen LogP contribution in [0.1, 0.15) is 21.7 Å². The number of fused-ring (bicyclic) bond motifs is 3. The highest BCUT2D eigenvalue weighted by Crippen LogP contribution is 2.38. The molecule has 10 nitrogen and oxygen atoms in total. The molecule has 0 radical (unpaired) electrons. The van der Waals surface area contributed by atoms with Gasteiger partial charge in [-0.05, 0) is 61.7 Å². The third kappa shape index (κ3) is 5.73. The van der Waals surface area contributed by atoms with Crippen molar-refractivity contribution in [1.82, 2.24) is 24.8 Å². The van der Waals surface area contributed by atoms with E-state index in [1.54, 1.807) is 29.9 Å². The van der Waals surface area contributed by atoms with Gasteiger partial charge in [-0.3, -0.25) is 14.7 Å². The Morgan fingerprint density at radius 3 is 2.71 bits per heavy atom. The molecule has 2 aliphatic heterocycles. The number of amides is 1. The molecule has 42 heavy (non-hydrogen) atoms. The Balaban J connectivity index is 1.12. The Hall–Kier alpha value is -3.90. The first kappa shape index (κ1) is 28.2. The minimum atomic E-state index is -0.408. The van der Waals surface area contributed by atoms with Gasteiger partial charge in [0.25, 0.3) is 0 Å². The van der Waals surface area contributed by atoms with Crippen molar-refractivity contribution >= 4 is 39.0 Å². The number of aryl methyl sites for hydroxylation is 2. The van der Waals surface area contributed by atoms with Crippen LogP contribution in [0, 0.1) is 19.3 Å². The Labute approximate surface area is 248 Å². The summed E-state index contributed by atoms with van der Waals surface area (Å²) in [4.78, 5) is 32.3. The zero-order chi connectivity index (χ0) is 29.3. The molecule has 1 aromatic carbocycles. The van der Waals surface area contributed by atoms with Crippen LogP contribution in [0.5, 0.6) is 11.5 Å². The van der Waals surface area contributed by atoms with Gasteiger partial charge in [-0.15, -0.1) is 11.3 Å². The van der Waals surface area contributed by atoms with E-state index in [1.807, 2.05) is 55.2 Å². The fourth-order valence-electron chi connectivity index (χ4n) is 5.52. The lowest BCUT2D eigenvalue weighted by Gasteiger charge is -2.47. The number of hydrogen-bond donors (Lipinski definition) is 3. The molecule has 6 rings (SSSR count). The minimum absolute atomic E-state index is 0.0159. The second-order valence-corrected chi connectivity index (χ2v) is 12.2. The Bertz CT molecular complexity index is 1620. The van der Waals surface area contributed by atoms with Gasteiger partial charge in [-0.2, -0.15) is 0 Å². The van der Waals surface area contributed by atoms with Gasteiger partial charge in [-0.1, -0.05) is 6.08 Å². The molecule has 3 N–H and O–H groups in total. The van der Waals surface area contributed by atoms with Crippen molar-refractivity contribution in [2.75, 3.05) is 44.7 Å². The molecule has 218 valence electrons. The van der Waals surface area contributed by atoms with Crippen LogP contribution in [0.3, 0.4) is 0 Å². The van der Waals surface area contributed by atoms with Crippen LogP contribution in [0.15, 0.2) is 55.0 Å². The van der Waals surface area contributed by atoms with Crippen LogP contribution >= 0.6 is 11.3 Å². The number of rotatable bonds is 9. The largest absolute Gasteiger partial charge is 0.455 e. The minimum Gasteiger partial charge on any atom is -0.455 e. The van der Waals surface area contributed by atoms with Crippen molar-refractivity contribution in [2.45, 2.75) is 26.8 Å². The first-order valence-corrected chi connectivity index (χ1v) is 14.8. The molecular formula is C31H34N6O4S. The van der Waals surface area contributed by atoms with Crippen molar-refractivity contribution in [3.63, 3.8) is 0 Å². The lowest BCUT2D eigenvalue weighted by molar-refractivity contribution is -0.126. The van der Waals surface area contributed by atoms with Crippen LogP contribution in [0.4, 0.5) is 11.5 Å². The monoisotopic (exact) mass is 586 g/mol. The van der Waals surface area contributed by atoms with E-state index in [0.717, 1.165) is 50.0 Å². The number of ether oxygens (including phenoxy) is 1. The number of nitrogens with one attached hydrogen (secondary N) is 1. The van der Waals surface area contributed by atoms with E-state index in [-0.39, 0.29) is 19.1 Å². The Morgan fingerprint density at radius 2 is 1.98 bits per heavy atom. The maximum absolute atomic E-state index is 12.9. The van der Waals surface area contributed by atoms with E-state index in [2.05, 4.69) is 25.2 Å². The third-order valence-electron chi connectivity index (χ3n) is 7.91. The summed E-state index contributed by atoms with van der Waals surface area (Å²) >= 11 is 1.61. The summed E-state index contributed by atoms with van der Waals surface area (Å²) in [5, 5.41) is 23.4. The van der Waals surface area contributed by atoms with Crippen molar-refractivity contribution in [3.05, 3.63) is 76.7 Å². The van der Waals surface area contributed by atoms with Gasteiger partial charge in [0.2, 0.25) is 5.91 Å². The number of pyridine rings is 1. The zero-order valence-electron chi connectivity index (χ0n) is 23.7. The Kier molecular flexibility index (Phi) is 7.91. The number of hydrogen-bond acceptors (Lipinski definition) is 10. The quantitative estimate of drug-likeness (QED) is 0.250. The van der Waals surface area contributed by atoms with Crippen molar-refractivity contribution in [1.29, 1.82) is 0 Å². The molecule has 0 bridgehead atoms. The number of nitrogens with zero attached hydrogens (tertiary/aromatic N) is 5. The lowest BCUT2D eigenvalue weighted by atomic mass is 9.81. The number of benzene rings is 1. The summed E-state index contributed by atoms with van der Waals surface area (Å²) in [6.45, 7) is 6.95. The average Bonchev–Trinajstić information content (AvgIpc) is 3.35. The molecule has 2 aliphatic rings. The average molecular weight is 587 g/mol. The molecule has 0 atom stereocenters. The maximum atomic E-state index is 12.9. The molecule has 1 amide bonds. The molecule has 3 aromatic heterocycles. The molecule has 0 unspecified atom stereocenters. The van der Waals surface area contributed by atoms with E-state index in [4.69, 9.17) is 4.74 Å². The number of aliphatic hydroxyl groups is 2. The highest BCUT2D eigenvalue weighted by atomic mass is 32.1. The van der Waals surface area contributed by atoms with Crippen LogP contribution in [0.2, 0.25) is 0 Å². The van der Waals surface area contributed by atoms with Crippen molar-refractivity contribution < 1.29 is 19.7 Å². The lowest BCUT2D eigenvalue weighted by Crippen LogP contribution is -2.60. The van der Waals surface area contributed by atoms with Gasteiger partial charge in [0.1, 0.15) is 28.5 Å². The smallest absolute Gasteiger partial charge is 0.246 e. The summed E-state index contributed by atoms with van der Waals surface area (Å²) in [5.41, 5.74) is 3.61. The summed E-state index contributed by atoms with van der Waals surface area (Å²) in [6.07, 6.45) is 7.52. The predicted molar refractivity (Wildman–Crippen MR) is 162 cm³/mol. The molecule has 0 aliphatic carbocycles. The predicted octanol–water partition coefficient (Wildman–Crippen LogP) is 3.97. The fraction of sp³-hybridized carbons (Fsp3) is 0.355. The molecule has 1 saturated heterocycles. The number of carbonyl (C=O) groups is 1. The van der Waals surface area contributed by atoms with Gasteiger partial charge < -0.3 is 25.2 Å². The molecule has 0 spiro atoms. The summed E-state index contributed by atoms with van der Waals surface area (Å²) in [7, 11) is 0. The SMILES string of the molecule is Cc1ccc(Oc2ccc(Nc3ncnc4sc5c(c34)CCN(C(=O)/C=C/CN3CC(CO)(CO)C3)C5)cc2C)cn1. The topological polar surface area (TPSA) is 124 Å². The summed E-state index contributed by atoms with van der Waals surface area (Å²) < 4.78 is 6.02. The highest BCUT2D eigenvalue weighted by Gasteiger charge is 2.41. The molecular weight excluding hydrogens is 552 g/mol. The number of carbonyl (C=O) groups excluding carboxylic acids is 1. The van der Waals surface area contributed by atoms with Gasteiger partial charge in [0, 0.05) is 53.9 Å². The fourth-order valence-corrected chi connectivity index (χ4v) is 6.72. The van der Waals surface area contributed by atoms with Crippen LogP contribution in [0.25, 0.3) is 10.2 Å². The summed E-state index contributed by atoms with van der Waals surface area (Å²) in [6, 6.07) is 9.77. The second kappa shape index (κ2) is 11.8. The van der Waals surface area contributed by atoms with Gasteiger partial charge in [0.05, 0.1) is 31.3 Å². The maximum Gasteiger partial charge on any atom is 0.246 e. The van der Waals surface area contributed by atoms with E-state index in [0.29, 0.717) is 38.5 Å². The van der Waals surface area contributed by atoms with Crippen molar-refractivity contribution in [2.24, 2.45) is 5.41 Å². The van der Waals surface area contributed by atoms with Crippen LogP contribution < -0.4 is 10.1 Å². The van der Waals surface area contributed by atoms with E-state index in [1.165, 1.54) is 5.56 Å². The number of thiophene rings is 1. The van der Waals surface area contributed by atoms with E-state index in [9.17, 15) is 15.0 Å². The third-order valence-corrected chi connectivity index (χ3v) is 9.04. The molecule has 4 aromatic rings. The molecule has 0 saturated carbocycles. The second-order valence-electron chi connectivity index (χ2n) is 11.1. The summed E-state index contributed by atoms with van der Waals surface area (Å²) in [5.74, 6) is 2.19. The van der Waals surface area contributed by atoms with Crippen LogP contribution in [-0.2, 0) is 17.8 Å².